The van der Waals surface area contributed by atoms with Crippen LogP contribution in [0.4, 0.5) is 10.1 Å². The van der Waals surface area contributed by atoms with Crippen LogP contribution >= 0.6 is 23.2 Å². The van der Waals surface area contributed by atoms with Crippen LogP contribution in [0, 0.1) is 5.82 Å². The number of benzene rings is 1. The topological polar surface area (TPSA) is 69.0 Å². The molecule has 0 aliphatic carbocycles. The summed E-state index contributed by atoms with van der Waals surface area (Å²) in [5.74, 6) is -0.574. The smallest absolute Gasteiger partial charge is 0.276 e. The van der Waals surface area contributed by atoms with E-state index in [2.05, 4.69) is 15.4 Å². The van der Waals surface area contributed by atoms with E-state index in [0.29, 0.717) is 11.4 Å². The van der Waals surface area contributed by atoms with Crippen LogP contribution in [0.25, 0.3) is 0 Å². The molecular formula is C16H11Cl2FN4O2. The summed E-state index contributed by atoms with van der Waals surface area (Å²) in [6, 6.07) is 8.83. The Bertz CT molecular complexity index is 917. The molecule has 2 aromatic heterocycles. The van der Waals surface area contributed by atoms with E-state index in [1.807, 2.05) is 0 Å². The van der Waals surface area contributed by atoms with E-state index in [4.69, 9.17) is 27.9 Å². The van der Waals surface area contributed by atoms with E-state index in [1.165, 1.54) is 35.1 Å². The van der Waals surface area contributed by atoms with Crippen molar-refractivity contribution in [2.45, 2.75) is 6.73 Å². The number of rotatable bonds is 5. The Balaban J connectivity index is 1.62. The summed E-state index contributed by atoms with van der Waals surface area (Å²) in [5.41, 5.74) is 0.571. The molecule has 3 aromatic rings. The molecule has 6 nitrogen and oxygen atoms in total. The number of halogens is 3. The molecule has 0 unspecified atom stereocenters. The zero-order valence-corrected chi connectivity index (χ0v) is 14.1. The lowest BCUT2D eigenvalue weighted by Crippen LogP contribution is -2.14. The third kappa shape index (κ3) is 4.26. The van der Waals surface area contributed by atoms with Crippen LogP contribution in [0.3, 0.4) is 0 Å². The maximum atomic E-state index is 13.1. The lowest BCUT2D eigenvalue weighted by atomic mass is 10.3. The molecule has 9 heteroatoms. The summed E-state index contributed by atoms with van der Waals surface area (Å²) in [5, 5.41) is 6.87. The standard InChI is InChI=1S/C16H11Cl2FN4O2/c17-11-8-10(3-4-12(11)19)25-9-23-7-5-14(22-23)16(24)21-13-2-1-6-20-15(13)18/h1-8H,9H2,(H,21,24). The minimum atomic E-state index is -0.527. The quantitative estimate of drug-likeness (QED) is 0.678. The number of hydrogen-bond donors (Lipinski definition) is 1. The number of anilines is 1. The molecule has 0 aliphatic rings. The highest BCUT2D eigenvalue weighted by molar-refractivity contribution is 6.32. The van der Waals surface area contributed by atoms with Crippen molar-refractivity contribution >= 4 is 34.8 Å². The van der Waals surface area contributed by atoms with Crippen molar-refractivity contribution in [3.8, 4) is 5.75 Å². The minimum Gasteiger partial charge on any atom is -0.471 e. The maximum absolute atomic E-state index is 13.1. The van der Waals surface area contributed by atoms with E-state index in [0.717, 1.165) is 0 Å². The van der Waals surface area contributed by atoms with Crippen LogP contribution in [0.2, 0.25) is 10.2 Å². The van der Waals surface area contributed by atoms with E-state index in [1.54, 1.807) is 18.3 Å². The van der Waals surface area contributed by atoms with Gasteiger partial charge in [-0.15, -0.1) is 0 Å². The van der Waals surface area contributed by atoms with E-state index in [-0.39, 0.29) is 22.6 Å². The summed E-state index contributed by atoms with van der Waals surface area (Å²) < 4.78 is 20.0. The normalized spacial score (nSPS) is 10.5. The number of aromatic nitrogens is 3. The molecule has 0 bridgehead atoms. The molecule has 0 aliphatic heterocycles. The van der Waals surface area contributed by atoms with E-state index >= 15 is 0 Å². The largest absolute Gasteiger partial charge is 0.471 e. The number of nitrogens with one attached hydrogen (secondary N) is 1. The first kappa shape index (κ1) is 17.2. The zero-order chi connectivity index (χ0) is 17.8. The minimum absolute atomic E-state index is 0.0306. The van der Waals surface area contributed by atoms with Crippen LogP contribution in [-0.2, 0) is 6.73 Å². The van der Waals surface area contributed by atoms with Crippen LogP contribution in [0.5, 0.6) is 5.75 Å². The van der Waals surface area contributed by atoms with Crippen LogP contribution in [-0.4, -0.2) is 20.7 Å². The Morgan fingerprint density at radius 3 is 2.88 bits per heavy atom. The highest BCUT2D eigenvalue weighted by Gasteiger charge is 2.12. The summed E-state index contributed by atoms with van der Waals surface area (Å²) in [6.45, 7) is 0.0306. The first-order valence-electron chi connectivity index (χ1n) is 7.06. The van der Waals surface area contributed by atoms with Crippen molar-refractivity contribution in [2.75, 3.05) is 5.32 Å². The van der Waals surface area contributed by atoms with Crippen LogP contribution in [0.1, 0.15) is 10.5 Å². The van der Waals surface area contributed by atoms with Gasteiger partial charge in [0.25, 0.3) is 5.91 Å². The molecule has 3 rings (SSSR count). The Kier molecular flexibility index (Phi) is 5.16. The third-order valence-electron chi connectivity index (χ3n) is 3.14. The monoisotopic (exact) mass is 380 g/mol. The summed E-state index contributed by atoms with van der Waals surface area (Å²) in [6.07, 6.45) is 3.09. The van der Waals surface area contributed by atoms with Crippen molar-refractivity contribution in [2.24, 2.45) is 0 Å². The predicted molar refractivity (Wildman–Crippen MR) is 91.5 cm³/mol. The molecule has 128 valence electrons. The molecule has 1 N–H and O–H groups in total. The van der Waals surface area contributed by atoms with Crippen molar-refractivity contribution in [1.82, 2.24) is 14.8 Å². The Morgan fingerprint density at radius 2 is 2.12 bits per heavy atom. The zero-order valence-electron chi connectivity index (χ0n) is 12.6. The molecular weight excluding hydrogens is 370 g/mol. The number of ether oxygens (including phenoxy) is 1. The Hall–Kier alpha value is -2.64. The van der Waals surface area contributed by atoms with Gasteiger partial charge in [0, 0.05) is 18.5 Å². The molecule has 0 fully saturated rings. The predicted octanol–water partition coefficient (Wildman–Crippen LogP) is 4.01. The number of pyridine rings is 1. The van der Waals surface area contributed by atoms with E-state index in [9.17, 15) is 9.18 Å². The average Bonchev–Trinajstić information content (AvgIpc) is 3.07. The summed E-state index contributed by atoms with van der Waals surface area (Å²) in [7, 11) is 0. The second-order valence-corrected chi connectivity index (χ2v) is 5.65. The number of nitrogens with zero attached hydrogens (tertiary/aromatic N) is 3. The fourth-order valence-corrected chi connectivity index (χ4v) is 2.26. The second kappa shape index (κ2) is 7.50. The summed E-state index contributed by atoms with van der Waals surface area (Å²) >= 11 is 11.6. The van der Waals surface area contributed by atoms with E-state index < -0.39 is 11.7 Å². The first-order valence-corrected chi connectivity index (χ1v) is 7.82. The number of amides is 1. The molecule has 0 saturated heterocycles. The Labute approximate surface area is 152 Å². The molecule has 0 radical (unpaired) electrons. The molecule has 0 spiro atoms. The maximum Gasteiger partial charge on any atom is 0.276 e. The fraction of sp³-hybridized carbons (Fsp3) is 0.0625. The van der Waals surface area contributed by atoms with Gasteiger partial charge in [-0.25, -0.2) is 14.1 Å². The first-order chi connectivity index (χ1) is 12.0. The highest BCUT2D eigenvalue weighted by atomic mass is 35.5. The molecule has 25 heavy (non-hydrogen) atoms. The van der Waals surface area contributed by atoms with Crippen molar-refractivity contribution < 1.29 is 13.9 Å². The van der Waals surface area contributed by atoms with Crippen molar-refractivity contribution in [3.05, 3.63) is 70.5 Å². The molecule has 0 saturated carbocycles. The Morgan fingerprint density at radius 1 is 1.28 bits per heavy atom. The van der Waals surface area contributed by atoms with Gasteiger partial charge >= 0.3 is 0 Å². The van der Waals surface area contributed by atoms with Crippen LogP contribution < -0.4 is 10.1 Å². The van der Waals surface area contributed by atoms with Gasteiger partial charge in [0.15, 0.2) is 17.6 Å². The number of carbonyl (C=O) groups is 1. The number of carbonyl (C=O) groups excluding carboxylic acids is 1. The van der Waals surface area contributed by atoms with Gasteiger partial charge in [0.1, 0.15) is 11.6 Å². The number of hydrogen-bond acceptors (Lipinski definition) is 4. The fourth-order valence-electron chi connectivity index (χ4n) is 1.93. The lowest BCUT2D eigenvalue weighted by molar-refractivity contribution is 0.102. The molecule has 0 atom stereocenters. The van der Waals surface area contributed by atoms with Crippen molar-refractivity contribution in [1.29, 1.82) is 0 Å². The summed E-state index contributed by atoms with van der Waals surface area (Å²) in [4.78, 5) is 16.0. The second-order valence-electron chi connectivity index (χ2n) is 4.89. The van der Waals surface area contributed by atoms with Crippen molar-refractivity contribution in [3.63, 3.8) is 0 Å². The SMILES string of the molecule is O=C(Nc1cccnc1Cl)c1ccn(COc2ccc(F)c(Cl)c2)n1. The lowest BCUT2D eigenvalue weighted by Gasteiger charge is -2.07. The molecule has 1 aromatic carbocycles. The molecule has 2 heterocycles. The van der Waals surface area contributed by atoms with Gasteiger partial charge in [-0.3, -0.25) is 4.79 Å². The highest BCUT2D eigenvalue weighted by Crippen LogP contribution is 2.21. The molecule has 1 amide bonds. The van der Waals surface area contributed by atoms with Gasteiger partial charge in [-0.2, -0.15) is 5.10 Å². The van der Waals surface area contributed by atoms with Crippen LogP contribution in [0.15, 0.2) is 48.8 Å². The van der Waals surface area contributed by atoms with Gasteiger partial charge in [0.05, 0.1) is 10.7 Å². The van der Waals surface area contributed by atoms with Gasteiger partial charge in [-0.05, 0) is 30.3 Å². The average molecular weight is 381 g/mol. The van der Waals surface area contributed by atoms with Gasteiger partial charge in [-0.1, -0.05) is 23.2 Å². The third-order valence-corrected chi connectivity index (χ3v) is 3.73. The van der Waals surface area contributed by atoms with Gasteiger partial charge < -0.3 is 10.1 Å². The van der Waals surface area contributed by atoms with Gasteiger partial charge in [0.2, 0.25) is 0 Å².